The first-order chi connectivity index (χ1) is 12.2. The minimum absolute atomic E-state index is 0.205. The minimum Gasteiger partial charge on any atom is -0.393 e. The molecular formula is C22H38O3. The highest BCUT2D eigenvalue weighted by Crippen LogP contribution is 2.21. The van der Waals surface area contributed by atoms with Crippen LogP contribution >= 0.6 is 0 Å². The molecule has 144 valence electrons. The Morgan fingerprint density at radius 3 is 1.84 bits per heavy atom. The smallest absolute Gasteiger partial charge is 0.317 e. The highest BCUT2D eigenvalue weighted by Gasteiger charge is 2.32. The van der Waals surface area contributed by atoms with Gasteiger partial charge in [-0.05, 0) is 25.7 Å². The Labute approximate surface area is 154 Å². The summed E-state index contributed by atoms with van der Waals surface area (Å²) in [6.07, 6.45) is 24.0. The van der Waals surface area contributed by atoms with Gasteiger partial charge in [-0.25, -0.2) is 0 Å². The molecular weight excluding hydrogens is 312 g/mol. The van der Waals surface area contributed by atoms with Gasteiger partial charge in [0.25, 0.3) is 0 Å². The summed E-state index contributed by atoms with van der Waals surface area (Å²) in [5.41, 5.74) is 0. The number of hydrogen-bond donors (Lipinski definition) is 0. The van der Waals surface area contributed by atoms with E-state index in [1.807, 2.05) is 0 Å². The Bertz CT molecular complexity index is 387. The molecule has 1 rings (SSSR count). The van der Waals surface area contributed by atoms with E-state index >= 15 is 0 Å². The van der Waals surface area contributed by atoms with E-state index in [1.54, 1.807) is 0 Å². The molecule has 0 bridgehead atoms. The third-order valence-electron chi connectivity index (χ3n) is 5.03. The summed E-state index contributed by atoms with van der Waals surface area (Å²) in [6.45, 7) is 2.27. The topological polar surface area (TPSA) is 43.4 Å². The maximum atomic E-state index is 11.3. The molecule has 1 saturated heterocycles. The Morgan fingerprint density at radius 1 is 0.800 bits per heavy atom. The van der Waals surface area contributed by atoms with Crippen molar-refractivity contribution in [1.82, 2.24) is 0 Å². The van der Waals surface area contributed by atoms with Gasteiger partial charge < -0.3 is 4.74 Å². The van der Waals surface area contributed by atoms with Gasteiger partial charge in [-0.2, -0.15) is 0 Å². The highest BCUT2D eigenvalue weighted by molar-refractivity contribution is 5.94. The zero-order valence-electron chi connectivity index (χ0n) is 16.3. The number of unbranched alkanes of at least 4 members (excludes halogenated alkanes) is 12. The average molecular weight is 351 g/mol. The minimum atomic E-state index is -0.365. The number of rotatable bonds is 16. The molecule has 3 nitrogen and oxygen atoms in total. The van der Waals surface area contributed by atoms with Crippen LogP contribution in [0.25, 0.3) is 0 Å². The van der Waals surface area contributed by atoms with E-state index in [2.05, 4.69) is 23.8 Å². The largest absolute Gasteiger partial charge is 0.393 e. The molecule has 3 heteroatoms. The number of cyclic esters (lactones) is 2. The summed E-state index contributed by atoms with van der Waals surface area (Å²) in [6, 6.07) is 0. The van der Waals surface area contributed by atoms with Crippen LogP contribution in [0.3, 0.4) is 0 Å². The lowest BCUT2D eigenvalue weighted by Gasteiger charge is -2.02. The number of carbonyl (C=O) groups excluding carboxylic acids is 2. The number of allylic oxidation sites excluding steroid dienone is 2. The van der Waals surface area contributed by atoms with E-state index in [4.69, 9.17) is 0 Å². The summed E-state index contributed by atoms with van der Waals surface area (Å²) >= 11 is 0. The van der Waals surface area contributed by atoms with Crippen LogP contribution in [0.4, 0.5) is 0 Å². The predicted molar refractivity (Wildman–Crippen MR) is 103 cm³/mol. The van der Waals surface area contributed by atoms with Gasteiger partial charge in [-0.15, -0.1) is 0 Å². The van der Waals surface area contributed by atoms with Crippen LogP contribution in [-0.2, 0) is 14.3 Å². The molecule has 1 atom stereocenters. The van der Waals surface area contributed by atoms with Gasteiger partial charge in [0.15, 0.2) is 0 Å². The van der Waals surface area contributed by atoms with Crippen LogP contribution in [0.15, 0.2) is 12.2 Å². The number of esters is 2. The second kappa shape index (κ2) is 15.2. The van der Waals surface area contributed by atoms with Crippen LogP contribution in [0.5, 0.6) is 0 Å². The molecule has 0 aliphatic carbocycles. The quantitative estimate of drug-likeness (QED) is 0.138. The Balaban J connectivity index is 1.78. The van der Waals surface area contributed by atoms with E-state index in [9.17, 15) is 9.59 Å². The molecule has 1 aliphatic rings. The molecule has 0 aromatic carbocycles. The van der Waals surface area contributed by atoms with Gasteiger partial charge in [0.05, 0.1) is 12.3 Å². The van der Waals surface area contributed by atoms with Crippen molar-refractivity contribution in [3.05, 3.63) is 12.2 Å². The highest BCUT2D eigenvalue weighted by atomic mass is 16.6. The lowest BCUT2D eigenvalue weighted by atomic mass is 10.0. The predicted octanol–water partition coefficient (Wildman–Crippen LogP) is 6.50. The van der Waals surface area contributed by atoms with Crippen molar-refractivity contribution in [3.63, 3.8) is 0 Å². The summed E-state index contributed by atoms with van der Waals surface area (Å²) in [4.78, 5) is 22.3. The monoisotopic (exact) mass is 350 g/mol. The van der Waals surface area contributed by atoms with Crippen LogP contribution in [0, 0.1) is 5.92 Å². The second-order valence-corrected chi connectivity index (χ2v) is 7.42. The fourth-order valence-electron chi connectivity index (χ4n) is 3.38. The number of carbonyl (C=O) groups is 2. The van der Waals surface area contributed by atoms with E-state index in [1.165, 1.54) is 77.0 Å². The van der Waals surface area contributed by atoms with Crippen molar-refractivity contribution in [2.24, 2.45) is 5.92 Å². The Morgan fingerprint density at radius 2 is 1.32 bits per heavy atom. The normalized spacial score (nSPS) is 17.6. The number of hydrogen-bond acceptors (Lipinski definition) is 3. The molecule has 0 saturated carbocycles. The summed E-state index contributed by atoms with van der Waals surface area (Å²) in [7, 11) is 0. The molecule has 0 aromatic rings. The molecule has 0 spiro atoms. The first-order valence-electron chi connectivity index (χ1n) is 10.6. The lowest BCUT2D eigenvalue weighted by Crippen LogP contribution is -2.06. The van der Waals surface area contributed by atoms with Crippen molar-refractivity contribution < 1.29 is 14.3 Å². The standard InChI is InChI=1S/C22H38O3/c1-2-3-4-5-6-7-8-9-10-11-12-13-14-15-16-17-18-20-19-21(23)25-22(20)24/h15-16,20H,2-14,17-19H2,1H3. The maximum Gasteiger partial charge on any atom is 0.317 e. The van der Waals surface area contributed by atoms with Crippen molar-refractivity contribution in [1.29, 1.82) is 0 Å². The van der Waals surface area contributed by atoms with E-state index < -0.39 is 0 Å². The molecule has 0 amide bonds. The molecule has 1 heterocycles. The second-order valence-electron chi connectivity index (χ2n) is 7.42. The molecule has 0 aromatic heterocycles. The van der Waals surface area contributed by atoms with E-state index in [0.717, 1.165) is 19.3 Å². The molecule has 1 fully saturated rings. The van der Waals surface area contributed by atoms with Gasteiger partial charge in [0.1, 0.15) is 0 Å². The third-order valence-corrected chi connectivity index (χ3v) is 5.03. The summed E-state index contributed by atoms with van der Waals surface area (Å²) in [5.74, 6) is -0.904. The molecule has 0 radical (unpaired) electrons. The Kier molecular flexibility index (Phi) is 13.3. The Hall–Kier alpha value is -1.12. The van der Waals surface area contributed by atoms with E-state index in [0.29, 0.717) is 0 Å². The van der Waals surface area contributed by atoms with Crippen LogP contribution in [0.1, 0.15) is 110 Å². The molecule has 1 unspecified atom stereocenters. The molecule has 25 heavy (non-hydrogen) atoms. The summed E-state index contributed by atoms with van der Waals surface area (Å²) in [5, 5.41) is 0. The first-order valence-corrected chi connectivity index (χ1v) is 10.6. The fourth-order valence-corrected chi connectivity index (χ4v) is 3.38. The van der Waals surface area contributed by atoms with Gasteiger partial charge in [-0.3, -0.25) is 9.59 Å². The maximum absolute atomic E-state index is 11.3. The van der Waals surface area contributed by atoms with Gasteiger partial charge in [0.2, 0.25) is 0 Å². The fraction of sp³-hybridized carbons (Fsp3) is 0.818. The van der Waals surface area contributed by atoms with E-state index in [-0.39, 0.29) is 24.3 Å². The van der Waals surface area contributed by atoms with Gasteiger partial charge in [-0.1, -0.05) is 89.7 Å². The molecule has 0 N–H and O–H groups in total. The zero-order chi connectivity index (χ0) is 18.2. The average Bonchev–Trinajstić information content (AvgIpc) is 2.92. The third kappa shape index (κ3) is 12.0. The van der Waals surface area contributed by atoms with Crippen molar-refractivity contribution in [2.75, 3.05) is 0 Å². The summed E-state index contributed by atoms with van der Waals surface area (Å²) < 4.78 is 4.55. The van der Waals surface area contributed by atoms with Crippen LogP contribution < -0.4 is 0 Å². The van der Waals surface area contributed by atoms with Crippen molar-refractivity contribution in [2.45, 2.75) is 110 Å². The zero-order valence-corrected chi connectivity index (χ0v) is 16.3. The first kappa shape index (κ1) is 21.9. The van der Waals surface area contributed by atoms with Gasteiger partial charge in [0, 0.05) is 0 Å². The molecule has 1 aliphatic heterocycles. The van der Waals surface area contributed by atoms with Crippen LogP contribution in [0.2, 0.25) is 0 Å². The number of ether oxygens (including phenoxy) is 1. The van der Waals surface area contributed by atoms with Crippen molar-refractivity contribution >= 4 is 11.9 Å². The lowest BCUT2D eigenvalue weighted by molar-refractivity contribution is -0.153. The van der Waals surface area contributed by atoms with Crippen LogP contribution in [-0.4, -0.2) is 11.9 Å². The SMILES string of the molecule is CCCCCCCCCCCCCCC=CCCC1CC(=O)OC1=O. The van der Waals surface area contributed by atoms with Crippen molar-refractivity contribution in [3.8, 4) is 0 Å². The van der Waals surface area contributed by atoms with Gasteiger partial charge >= 0.3 is 11.9 Å².